The Kier molecular flexibility index (Phi) is 5.41. The highest BCUT2D eigenvalue weighted by molar-refractivity contribution is 6.30. The summed E-state index contributed by atoms with van der Waals surface area (Å²) in [5.41, 5.74) is 5.65. The zero-order valence-electron chi connectivity index (χ0n) is 16.9. The molecule has 3 aromatic carbocycles. The second kappa shape index (κ2) is 8.35. The molecule has 1 aliphatic rings. The number of para-hydroxylation sites is 2. The van der Waals surface area contributed by atoms with Gasteiger partial charge in [0.05, 0.1) is 21.7 Å². The van der Waals surface area contributed by atoms with Crippen LogP contribution in [0.3, 0.4) is 0 Å². The van der Waals surface area contributed by atoms with Crippen molar-refractivity contribution in [2.24, 2.45) is 0 Å². The molecular formula is C23H15N3O7. The molecule has 0 saturated heterocycles. The molecule has 33 heavy (non-hydrogen) atoms. The Balaban J connectivity index is 1.52. The fourth-order valence-corrected chi connectivity index (χ4v) is 3.52. The van der Waals surface area contributed by atoms with Gasteiger partial charge in [0.1, 0.15) is 5.69 Å². The molecule has 1 amide bonds. The van der Waals surface area contributed by atoms with Crippen LogP contribution in [0.4, 0.5) is 17.1 Å². The van der Waals surface area contributed by atoms with Gasteiger partial charge < -0.3 is 15.8 Å². The Bertz CT molecular complexity index is 1360. The molecule has 0 aromatic heterocycles. The molecule has 0 aliphatic heterocycles. The van der Waals surface area contributed by atoms with Gasteiger partial charge in [0.2, 0.25) is 0 Å². The molecule has 10 heteroatoms. The highest BCUT2D eigenvalue weighted by atomic mass is 16.6. The molecule has 1 aliphatic carbocycles. The highest BCUT2D eigenvalue weighted by Gasteiger charge is 2.33. The van der Waals surface area contributed by atoms with Crippen LogP contribution in [0.2, 0.25) is 0 Å². The van der Waals surface area contributed by atoms with Crippen molar-refractivity contribution in [2.45, 2.75) is 0 Å². The summed E-state index contributed by atoms with van der Waals surface area (Å²) in [7, 11) is 0. The van der Waals surface area contributed by atoms with Crippen molar-refractivity contribution in [3.05, 3.63) is 98.6 Å². The lowest BCUT2D eigenvalue weighted by Crippen LogP contribution is -2.25. The van der Waals surface area contributed by atoms with E-state index < -0.39 is 35.0 Å². The number of nitro benzene ring substituents is 1. The molecule has 0 bridgehead atoms. The van der Waals surface area contributed by atoms with Crippen molar-refractivity contribution in [3.8, 4) is 0 Å². The van der Waals surface area contributed by atoms with E-state index in [0.29, 0.717) is 0 Å². The number of nitrogens with zero attached hydrogens (tertiary/aromatic N) is 1. The SMILES string of the molecule is Nc1c(C(=O)OCC(=O)Nc2ccccc2[N+](=O)[O-])ccc2c1C(=O)c1ccccc1C2=O. The van der Waals surface area contributed by atoms with Gasteiger partial charge in [0.15, 0.2) is 18.2 Å². The minimum absolute atomic E-state index is 0.0559. The smallest absolute Gasteiger partial charge is 0.340 e. The first-order chi connectivity index (χ1) is 15.8. The molecule has 0 spiro atoms. The maximum atomic E-state index is 12.9. The van der Waals surface area contributed by atoms with Gasteiger partial charge in [-0.3, -0.25) is 24.5 Å². The summed E-state index contributed by atoms with van der Waals surface area (Å²) in [5, 5.41) is 13.3. The summed E-state index contributed by atoms with van der Waals surface area (Å²) < 4.78 is 4.97. The molecule has 0 atom stereocenters. The number of ether oxygens (including phenoxy) is 1. The fourth-order valence-electron chi connectivity index (χ4n) is 3.52. The maximum absolute atomic E-state index is 12.9. The molecule has 3 aromatic rings. The number of fused-ring (bicyclic) bond motifs is 2. The van der Waals surface area contributed by atoms with Crippen LogP contribution in [0.15, 0.2) is 60.7 Å². The first-order valence-corrected chi connectivity index (χ1v) is 9.61. The Hall–Kier alpha value is -4.86. The van der Waals surface area contributed by atoms with E-state index in [1.165, 1.54) is 48.5 Å². The van der Waals surface area contributed by atoms with Gasteiger partial charge in [-0.1, -0.05) is 36.4 Å². The van der Waals surface area contributed by atoms with Gasteiger partial charge in [-0.05, 0) is 18.2 Å². The highest BCUT2D eigenvalue weighted by Crippen LogP contribution is 2.33. The number of nitro groups is 1. The summed E-state index contributed by atoms with van der Waals surface area (Å²) >= 11 is 0. The lowest BCUT2D eigenvalue weighted by atomic mass is 9.82. The van der Waals surface area contributed by atoms with Crippen molar-refractivity contribution in [1.82, 2.24) is 0 Å². The standard InChI is InChI=1S/C23H15N3O7/c24-20-15(10-9-14-19(20)22(29)13-6-2-1-5-12(13)21(14)28)23(30)33-11-18(27)25-16-7-3-4-8-17(16)26(31)32/h1-10H,11,24H2,(H,25,27). The Morgan fingerprint density at radius 3 is 2.24 bits per heavy atom. The quantitative estimate of drug-likeness (QED) is 0.205. The van der Waals surface area contributed by atoms with Crippen molar-refractivity contribution < 1.29 is 28.8 Å². The molecule has 0 fully saturated rings. The average Bonchev–Trinajstić information content (AvgIpc) is 2.81. The van der Waals surface area contributed by atoms with Crippen LogP contribution in [0, 0.1) is 10.1 Å². The summed E-state index contributed by atoms with van der Waals surface area (Å²) in [6.45, 7) is -0.753. The Morgan fingerprint density at radius 2 is 1.55 bits per heavy atom. The van der Waals surface area contributed by atoms with E-state index in [1.54, 1.807) is 12.1 Å². The molecular weight excluding hydrogens is 430 g/mol. The number of nitrogens with one attached hydrogen (secondary N) is 1. The predicted octanol–water partition coefficient (Wildman–Crippen LogP) is 2.75. The Labute approximate surface area is 186 Å². The lowest BCUT2D eigenvalue weighted by Gasteiger charge is -2.20. The minimum atomic E-state index is -0.993. The summed E-state index contributed by atoms with van der Waals surface area (Å²) in [5.74, 6) is -2.70. The van der Waals surface area contributed by atoms with Gasteiger partial charge in [0, 0.05) is 22.8 Å². The van der Waals surface area contributed by atoms with Gasteiger partial charge in [-0.2, -0.15) is 0 Å². The van der Waals surface area contributed by atoms with Crippen molar-refractivity contribution in [1.29, 1.82) is 0 Å². The number of nitrogen functional groups attached to an aromatic ring is 1. The molecule has 0 heterocycles. The third-order valence-electron chi connectivity index (χ3n) is 5.06. The van der Waals surface area contributed by atoms with E-state index in [0.717, 1.165) is 0 Å². The van der Waals surface area contributed by atoms with Crippen LogP contribution in [0.1, 0.15) is 42.2 Å². The topological polar surface area (TPSA) is 159 Å². The van der Waals surface area contributed by atoms with Gasteiger partial charge >= 0.3 is 5.97 Å². The first kappa shape index (κ1) is 21.4. The second-order valence-electron chi connectivity index (χ2n) is 7.05. The summed E-state index contributed by atoms with van der Waals surface area (Å²) in [4.78, 5) is 60.7. The molecule has 0 saturated carbocycles. The Morgan fingerprint density at radius 1 is 0.909 bits per heavy atom. The fraction of sp³-hybridized carbons (Fsp3) is 0.0435. The molecule has 0 unspecified atom stereocenters. The monoisotopic (exact) mass is 445 g/mol. The molecule has 10 nitrogen and oxygen atoms in total. The number of ketones is 2. The number of hydrogen-bond acceptors (Lipinski definition) is 8. The largest absolute Gasteiger partial charge is 0.452 e. The number of amides is 1. The van der Waals surface area contributed by atoms with Crippen LogP contribution in [0.25, 0.3) is 0 Å². The zero-order valence-corrected chi connectivity index (χ0v) is 16.9. The number of benzene rings is 3. The van der Waals surface area contributed by atoms with E-state index in [-0.39, 0.29) is 44.9 Å². The maximum Gasteiger partial charge on any atom is 0.340 e. The molecule has 0 radical (unpaired) electrons. The number of esters is 1. The summed E-state index contributed by atoms with van der Waals surface area (Å²) in [6, 6.07) is 14.3. The molecule has 164 valence electrons. The van der Waals surface area contributed by atoms with Crippen LogP contribution < -0.4 is 11.1 Å². The van der Waals surface area contributed by atoms with E-state index in [2.05, 4.69) is 5.32 Å². The van der Waals surface area contributed by atoms with Crippen molar-refractivity contribution in [3.63, 3.8) is 0 Å². The minimum Gasteiger partial charge on any atom is -0.452 e. The zero-order chi connectivity index (χ0) is 23.7. The van der Waals surface area contributed by atoms with Gasteiger partial charge in [-0.25, -0.2) is 4.79 Å². The van der Waals surface area contributed by atoms with Gasteiger partial charge in [0.25, 0.3) is 11.6 Å². The number of rotatable bonds is 5. The number of carbonyl (C=O) groups is 4. The van der Waals surface area contributed by atoms with Gasteiger partial charge in [-0.15, -0.1) is 0 Å². The van der Waals surface area contributed by atoms with Crippen molar-refractivity contribution in [2.75, 3.05) is 17.7 Å². The van der Waals surface area contributed by atoms with E-state index in [1.807, 2.05) is 0 Å². The third kappa shape index (κ3) is 3.81. The number of nitrogens with two attached hydrogens (primary N) is 1. The summed E-state index contributed by atoms with van der Waals surface area (Å²) in [6.07, 6.45) is 0. The van der Waals surface area contributed by atoms with E-state index >= 15 is 0 Å². The second-order valence-corrected chi connectivity index (χ2v) is 7.05. The predicted molar refractivity (Wildman–Crippen MR) is 116 cm³/mol. The third-order valence-corrected chi connectivity index (χ3v) is 5.06. The average molecular weight is 445 g/mol. The van der Waals surface area contributed by atoms with Crippen LogP contribution in [0.5, 0.6) is 0 Å². The lowest BCUT2D eigenvalue weighted by molar-refractivity contribution is -0.383. The normalized spacial score (nSPS) is 11.9. The van der Waals surface area contributed by atoms with E-state index in [9.17, 15) is 29.3 Å². The number of carbonyl (C=O) groups excluding carboxylic acids is 4. The molecule has 4 rings (SSSR count). The first-order valence-electron chi connectivity index (χ1n) is 9.61. The number of hydrogen-bond donors (Lipinski definition) is 2. The number of anilines is 2. The van der Waals surface area contributed by atoms with Crippen molar-refractivity contribution >= 4 is 40.5 Å². The van der Waals surface area contributed by atoms with E-state index in [4.69, 9.17) is 10.5 Å². The van der Waals surface area contributed by atoms with Crippen LogP contribution >= 0.6 is 0 Å². The van der Waals surface area contributed by atoms with Crippen LogP contribution in [-0.4, -0.2) is 35.0 Å². The molecule has 3 N–H and O–H groups in total. The van der Waals surface area contributed by atoms with Crippen LogP contribution in [-0.2, 0) is 9.53 Å².